The highest BCUT2D eigenvalue weighted by Crippen LogP contribution is 2.06. The number of urea groups is 1. The van der Waals surface area contributed by atoms with Crippen LogP contribution in [-0.2, 0) is 16.1 Å². The number of ether oxygens (including phenoxy) is 1. The number of rotatable bonds is 3. The number of nitrogens with one attached hydrogen (secondary N) is 3. The summed E-state index contributed by atoms with van der Waals surface area (Å²) in [5, 5.41) is 4.26. The maximum atomic E-state index is 10.8. The SMILES string of the molecule is CCn1ccc(=O)[nH]c1=O.COC[C]1[C]NC(=O)NC1=O. The van der Waals surface area contributed by atoms with Gasteiger partial charge in [-0.15, -0.1) is 0 Å². The Morgan fingerprint density at radius 1 is 1.29 bits per heavy atom. The lowest BCUT2D eigenvalue weighted by atomic mass is 10.1. The summed E-state index contributed by atoms with van der Waals surface area (Å²) in [6.45, 7) is 4.96. The lowest BCUT2D eigenvalue weighted by molar-refractivity contribution is -0.119. The zero-order chi connectivity index (χ0) is 15.8. The monoisotopic (exact) mass is 295 g/mol. The fourth-order valence-corrected chi connectivity index (χ4v) is 1.34. The Hall–Kier alpha value is -2.42. The van der Waals surface area contributed by atoms with Crippen LogP contribution in [0.4, 0.5) is 4.79 Å². The number of methoxy groups -OCH3 is 1. The minimum Gasteiger partial charge on any atom is -0.383 e. The number of carbonyl (C=O) groups is 2. The van der Waals surface area contributed by atoms with Crippen molar-refractivity contribution in [2.24, 2.45) is 0 Å². The number of hydrogen-bond donors (Lipinski definition) is 3. The van der Waals surface area contributed by atoms with Crippen molar-refractivity contribution in [3.8, 4) is 0 Å². The molecule has 9 nitrogen and oxygen atoms in total. The second kappa shape index (κ2) is 8.00. The highest BCUT2D eigenvalue weighted by Gasteiger charge is 2.27. The van der Waals surface area contributed by atoms with Crippen LogP contribution in [0.3, 0.4) is 0 Å². The number of hydrogen-bond acceptors (Lipinski definition) is 5. The molecule has 1 aliphatic rings. The first-order valence-electron chi connectivity index (χ1n) is 5.99. The van der Waals surface area contributed by atoms with Gasteiger partial charge in [-0.3, -0.25) is 19.9 Å². The second-order valence-corrected chi connectivity index (χ2v) is 3.84. The predicted molar refractivity (Wildman–Crippen MR) is 72.0 cm³/mol. The molecule has 9 heteroatoms. The van der Waals surface area contributed by atoms with E-state index in [-0.39, 0.29) is 23.8 Å². The summed E-state index contributed by atoms with van der Waals surface area (Å²) in [5.41, 5.74) is -0.704. The van der Waals surface area contributed by atoms with E-state index >= 15 is 0 Å². The minimum atomic E-state index is -0.560. The number of H-pyrrole nitrogens is 1. The molecule has 0 atom stereocenters. The maximum absolute atomic E-state index is 10.8. The smallest absolute Gasteiger partial charge is 0.328 e. The molecule has 0 aromatic carbocycles. The van der Waals surface area contributed by atoms with Crippen LogP contribution in [0.1, 0.15) is 6.92 Å². The van der Waals surface area contributed by atoms with E-state index in [1.54, 1.807) is 0 Å². The zero-order valence-corrected chi connectivity index (χ0v) is 11.6. The largest absolute Gasteiger partial charge is 0.383 e. The number of carbonyl (C=O) groups excluding carboxylic acids is 2. The number of nitrogens with zero attached hydrogens (tertiary/aromatic N) is 1. The van der Waals surface area contributed by atoms with Crippen molar-refractivity contribution < 1.29 is 14.3 Å². The van der Waals surface area contributed by atoms with E-state index in [0.717, 1.165) is 0 Å². The molecule has 0 saturated carbocycles. The van der Waals surface area contributed by atoms with Crippen LogP contribution in [0.5, 0.6) is 0 Å². The van der Waals surface area contributed by atoms with E-state index in [0.29, 0.717) is 6.54 Å². The molecule has 1 fully saturated rings. The Labute approximate surface area is 120 Å². The van der Waals surface area contributed by atoms with Crippen LogP contribution in [0.25, 0.3) is 0 Å². The summed E-state index contributed by atoms with van der Waals surface area (Å²) in [6.07, 6.45) is 1.47. The third-order valence-corrected chi connectivity index (χ3v) is 2.35. The van der Waals surface area contributed by atoms with E-state index in [2.05, 4.69) is 21.6 Å². The van der Waals surface area contributed by atoms with Crippen LogP contribution in [0.2, 0.25) is 0 Å². The highest BCUT2D eigenvalue weighted by molar-refractivity contribution is 6.06. The first kappa shape index (κ1) is 16.6. The predicted octanol–water partition coefficient (Wildman–Crippen LogP) is -1.36. The standard InChI is InChI=1S/C6H7N2O3.C6H8N2O2/c1-11-3-4-2-7-6(10)8-5(4)9;1-2-8-4-3-5(9)7-6(8)10/h3H2,1H3,(H2,7,8,9,10);3-4H,2H2,1H3,(H,7,9,10). The first-order valence-corrected chi connectivity index (χ1v) is 5.99. The fraction of sp³-hybridized carbons (Fsp3) is 0.333. The Balaban J connectivity index is 0.000000211. The topological polar surface area (TPSA) is 122 Å². The quantitative estimate of drug-likeness (QED) is 0.636. The number of aryl methyl sites for hydroxylation is 1. The van der Waals surface area contributed by atoms with Crippen LogP contribution in [-0.4, -0.2) is 35.2 Å². The molecule has 0 aliphatic carbocycles. The molecule has 113 valence electrons. The van der Waals surface area contributed by atoms with Crippen molar-refractivity contribution in [1.82, 2.24) is 20.2 Å². The van der Waals surface area contributed by atoms with Gasteiger partial charge in [-0.05, 0) is 6.92 Å². The Bertz CT molecular complexity index is 606. The number of aromatic amines is 1. The molecule has 2 heterocycles. The van der Waals surface area contributed by atoms with Gasteiger partial charge in [0.15, 0.2) is 0 Å². The molecule has 3 N–H and O–H groups in total. The van der Waals surface area contributed by atoms with E-state index in [4.69, 9.17) is 0 Å². The van der Waals surface area contributed by atoms with E-state index in [1.807, 2.05) is 12.2 Å². The average Bonchev–Trinajstić information content (AvgIpc) is 2.43. The molecule has 1 aliphatic heterocycles. The Morgan fingerprint density at radius 2 is 2.00 bits per heavy atom. The second-order valence-electron chi connectivity index (χ2n) is 3.84. The molecular formula is C12H15N4O5. The molecule has 2 rings (SSSR count). The van der Waals surface area contributed by atoms with Crippen molar-refractivity contribution in [3.05, 3.63) is 45.6 Å². The molecule has 1 saturated heterocycles. The molecule has 3 radical (unpaired) electrons. The lowest BCUT2D eigenvalue weighted by Gasteiger charge is -2.18. The van der Waals surface area contributed by atoms with Gasteiger partial charge >= 0.3 is 11.7 Å². The summed E-state index contributed by atoms with van der Waals surface area (Å²) >= 11 is 0. The third kappa shape index (κ3) is 5.22. The zero-order valence-electron chi connectivity index (χ0n) is 11.6. The van der Waals surface area contributed by atoms with E-state index in [9.17, 15) is 19.2 Å². The van der Waals surface area contributed by atoms with Gasteiger partial charge in [0.1, 0.15) is 12.5 Å². The summed E-state index contributed by atoms with van der Waals surface area (Å²) in [6, 6.07) is 0.764. The van der Waals surface area contributed by atoms with Gasteiger partial charge in [0.2, 0.25) is 5.91 Å². The minimum absolute atomic E-state index is 0.145. The van der Waals surface area contributed by atoms with Crippen molar-refractivity contribution >= 4 is 11.9 Å². The van der Waals surface area contributed by atoms with Crippen LogP contribution >= 0.6 is 0 Å². The van der Waals surface area contributed by atoms with Gasteiger partial charge in [0, 0.05) is 25.9 Å². The van der Waals surface area contributed by atoms with Crippen molar-refractivity contribution in [1.29, 1.82) is 0 Å². The van der Waals surface area contributed by atoms with Gasteiger partial charge in [-0.1, -0.05) is 0 Å². The van der Waals surface area contributed by atoms with Crippen LogP contribution in [0, 0.1) is 12.5 Å². The molecule has 0 unspecified atom stereocenters. The highest BCUT2D eigenvalue weighted by atomic mass is 16.5. The third-order valence-electron chi connectivity index (χ3n) is 2.35. The number of imide groups is 1. The lowest BCUT2D eigenvalue weighted by Crippen LogP contribution is -2.49. The molecule has 1 aromatic heterocycles. The molecular weight excluding hydrogens is 280 g/mol. The summed E-state index contributed by atoms with van der Waals surface area (Å²) in [7, 11) is 1.46. The van der Waals surface area contributed by atoms with E-state index < -0.39 is 11.9 Å². The summed E-state index contributed by atoms with van der Waals surface area (Å²) in [5.74, 6) is -0.178. The average molecular weight is 295 g/mol. The fourth-order valence-electron chi connectivity index (χ4n) is 1.34. The van der Waals surface area contributed by atoms with Crippen molar-refractivity contribution in [2.75, 3.05) is 13.7 Å². The van der Waals surface area contributed by atoms with E-state index in [1.165, 1.54) is 23.9 Å². The first-order chi connectivity index (χ1) is 9.97. The molecule has 0 spiro atoms. The number of aromatic nitrogens is 2. The van der Waals surface area contributed by atoms with Crippen LogP contribution < -0.4 is 21.9 Å². The normalized spacial score (nSPS) is 14.8. The summed E-state index contributed by atoms with van der Waals surface area (Å²) in [4.78, 5) is 44.7. The van der Waals surface area contributed by atoms with Gasteiger partial charge in [-0.25, -0.2) is 9.59 Å². The molecule has 21 heavy (non-hydrogen) atoms. The molecule has 1 aromatic rings. The van der Waals surface area contributed by atoms with Crippen molar-refractivity contribution in [3.63, 3.8) is 0 Å². The van der Waals surface area contributed by atoms with Crippen LogP contribution in [0.15, 0.2) is 21.9 Å². The van der Waals surface area contributed by atoms with Gasteiger partial charge < -0.3 is 14.6 Å². The number of amides is 3. The maximum Gasteiger partial charge on any atom is 0.328 e. The van der Waals surface area contributed by atoms with Gasteiger partial charge in [-0.2, -0.15) is 0 Å². The Kier molecular flexibility index (Phi) is 6.34. The van der Waals surface area contributed by atoms with Gasteiger partial charge in [0.05, 0.1) is 6.61 Å². The molecule has 0 bridgehead atoms. The summed E-state index contributed by atoms with van der Waals surface area (Å²) < 4.78 is 6.09. The Morgan fingerprint density at radius 3 is 2.52 bits per heavy atom. The van der Waals surface area contributed by atoms with Crippen molar-refractivity contribution in [2.45, 2.75) is 13.5 Å². The van der Waals surface area contributed by atoms with Gasteiger partial charge in [0.25, 0.3) is 5.56 Å². The molecule has 3 amide bonds.